The number of nitrogens with zero attached hydrogens (tertiary/aromatic N) is 2. The van der Waals surface area contributed by atoms with Crippen molar-refractivity contribution in [2.24, 2.45) is 0 Å². The highest BCUT2D eigenvalue weighted by molar-refractivity contribution is 7.99. The molecule has 3 heteroatoms. The molecule has 0 bridgehead atoms. The zero-order valence-electron chi connectivity index (χ0n) is 8.60. The Bertz CT molecular complexity index is 494. The molecule has 0 saturated carbocycles. The number of para-hydroxylation sites is 1. The van der Waals surface area contributed by atoms with E-state index in [0.717, 1.165) is 27.5 Å². The van der Waals surface area contributed by atoms with Gasteiger partial charge in [0.2, 0.25) is 0 Å². The molecule has 0 spiro atoms. The van der Waals surface area contributed by atoms with E-state index in [9.17, 15) is 0 Å². The average Bonchev–Trinajstić information content (AvgIpc) is 2.25. The summed E-state index contributed by atoms with van der Waals surface area (Å²) < 4.78 is 0. The van der Waals surface area contributed by atoms with Crippen molar-refractivity contribution >= 4 is 22.7 Å². The number of aromatic nitrogens is 2. The summed E-state index contributed by atoms with van der Waals surface area (Å²) in [6.07, 6.45) is 1.89. The van der Waals surface area contributed by atoms with Crippen LogP contribution in [0.15, 0.2) is 41.9 Å². The van der Waals surface area contributed by atoms with Crippen LogP contribution in [-0.2, 0) is 0 Å². The number of hydrogen-bond donors (Lipinski definition) is 0. The molecule has 0 aliphatic rings. The van der Waals surface area contributed by atoms with Crippen LogP contribution in [-0.4, -0.2) is 15.7 Å². The normalized spacial score (nSPS) is 10.5. The first-order chi connectivity index (χ1) is 7.31. The van der Waals surface area contributed by atoms with Crippen LogP contribution in [0, 0.1) is 6.92 Å². The minimum atomic E-state index is 0.820. The van der Waals surface area contributed by atoms with Crippen molar-refractivity contribution in [3.05, 3.63) is 42.7 Å². The molecule has 2 aromatic rings. The van der Waals surface area contributed by atoms with Gasteiger partial charge in [-0.2, -0.15) is 0 Å². The van der Waals surface area contributed by atoms with Gasteiger partial charge in [0.15, 0.2) is 0 Å². The molecule has 0 atom stereocenters. The Morgan fingerprint density at radius 2 is 2.13 bits per heavy atom. The van der Waals surface area contributed by atoms with Gasteiger partial charge in [0, 0.05) is 11.1 Å². The third kappa shape index (κ3) is 2.18. The predicted molar refractivity (Wildman–Crippen MR) is 65.2 cm³/mol. The molecule has 15 heavy (non-hydrogen) atoms. The lowest BCUT2D eigenvalue weighted by Gasteiger charge is -2.04. The summed E-state index contributed by atoms with van der Waals surface area (Å²) in [5.74, 6) is 1.70. The lowest BCUT2D eigenvalue weighted by molar-refractivity contribution is 1.01. The van der Waals surface area contributed by atoms with Gasteiger partial charge in [-0.1, -0.05) is 24.3 Å². The molecular weight excluding hydrogens is 204 g/mol. The van der Waals surface area contributed by atoms with Gasteiger partial charge in [-0.15, -0.1) is 18.3 Å². The first kappa shape index (κ1) is 10.2. The monoisotopic (exact) mass is 216 g/mol. The van der Waals surface area contributed by atoms with E-state index in [2.05, 4.69) is 22.6 Å². The van der Waals surface area contributed by atoms with Gasteiger partial charge in [-0.3, -0.25) is 0 Å². The van der Waals surface area contributed by atoms with Gasteiger partial charge < -0.3 is 0 Å². The van der Waals surface area contributed by atoms with E-state index in [1.165, 1.54) is 0 Å². The highest BCUT2D eigenvalue weighted by Gasteiger charge is 2.04. The van der Waals surface area contributed by atoms with Crippen LogP contribution in [0.1, 0.15) is 5.82 Å². The standard InChI is InChI=1S/C12H12N2S/c1-3-8-15-12-10-6-4-5-7-11(10)13-9(2)14-12/h3-7H,1,8H2,2H3. The summed E-state index contributed by atoms with van der Waals surface area (Å²) in [6, 6.07) is 8.08. The molecular formula is C12H12N2S. The Morgan fingerprint density at radius 3 is 2.93 bits per heavy atom. The van der Waals surface area contributed by atoms with E-state index in [4.69, 9.17) is 0 Å². The molecule has 2 nitrogen and oxygen atoms in total. The number of hydrogen-bond acceptors (Lipinski definition) is 3. The molecule has 0 saturated heterocycles. The molecule has 0 radical (unpaired) electrons. The SMILES string of the molecule is C=CCSc1nc(C)nc2ccccc12. The molecule has 0 aliphatic heterocycles. The second-order valence-electron chi connectivity index (χ2n) is 3.19. The average molecular weight is 216 g/mol. The maximum absolute atomic E-state index is 4.44. The van der Waals surface area contributed by atoms with E-state index in [0.29, 0.717) is 0 Å². The zero-order valence-corrected chi connectivity index (χ0v) is 9.42. The van der Waals surface area contributed by atoms with Gasteiger partial charge in [-0.05, 0) is 13.0 Å². The Kier molecular flexibility index (Phi) is 3.02. The molecule has 1 heterocycles. The molecule has 76 valence electrons. The van der Waals surface area contributed by atoms with E-state index in [1.807, 2.05) is 31.2 Å². The third-order valence-electron chi connectivity index (χ3n) is 2.02. The highest BCUT2D eigenvalue weighted by atomic mass is 32.2. The van der Waals surface area contributed by atoms with E-state index in [1.54, 1.807) is 11.8 Å². The van der Waals surface area contributed by atoms with Crippen molar-refractivity contribution in [2.45, 2.75) is 11.9 Å². The van der Waals surface area contributed by atoms with Crippen LogP contribution in [0.4, 0.5) is 0 Å². The minimum Gasteiger partial charge on any atom is -0.233 e. The molecule has 2 rings (SSSR count). The van der Waals surface area contributed by atoms with Crippen molar-refractivity contribution in [3.63, 3.8) is 0 Å². The predicted octanol–water partition coefficient (Wildman–Crippen LogP) is 3.22. The van der Waals surface area contributed by atoms with Crippen molar-refractivity contribution < 1.29 is 0 Å². The summed E-state index contributed by atoms with van der Waals surface area (Å²) in [6.45, 7) is 5.64. The van der Waals surface area contributed by atoms with Gasteiger partial charge in [0.1, 0.15) is 10.9 Å². The smallest absolute Gasteiger partial charge is 0.127 e. The second-order valence-corrected chi connectivity index (χ2v) is 4.20. The number of benzene rings is 1. The second kappa shape index (κ2) is 4.45. The van der Waals surface area contributed by atoms with E-state index >= 15 is 0 Å². The number of aryl methyl sites for hydroxylation is 1. The molecule has 0 aliphatic carbocycles. The van der Waals surface area contributed by atoms with Crippen LogP contribution in [0.3, 0.4) is 0 Å². The number of rotatable bonds is 3. The number of thioether (sulfide) groups is 1. The Balaban J connectivity index is 2.55. The molecule has 0 unspecified atom stereocenters. The van der Waals surface area contributed by atoms with Gasteiger partial charge in [0.05, 0.1) is 5.52 Å². The zero-order chi connectivity index (χ0) is 10.7. The fourth-order valence-corrected chi connectivity index (χ4v) is 2.21. The van der Waals surface area contributed by atoms with Crippen molar-refractivity contribution in [1.29, 1.82) is 0 Å². The summed E-state index contributed by atoms with van der Waals surface area (Å²) in [7, 11) is 0. The van der Waals surface area contributed by atoms with Crippen LogP contribution in [0.5, 0.6) is 0 Å². The van der Waals surface area contributed by atoms with Gasteiger partial charge in [-0.25, -0.2) is 9.97 Å². The lowest BCUT2D eigenvalue weighted by atomic mass is 10.2. The van der Waals surface area contributed by atoms with Crippen LogP contribution < -0.4 is 0 Å². The summed E-state index contributed by atoms with van der Waals surface area (Å²) >= 11 is 1.69. The number of fused-ring (bicyclic) bond motifs is 1. The molecule has 0 fully saturated rings. The molecule has 0 N–H and O–H groups in total. The highest BCUT2D eigenvalue weighted by Crippen LogP contribution is 2.24. The lowest BCUT2D eigenvalue weighted by Crippen LogP contribution is -1.92. The molecule has 1 aromatic carbocycles. The molecule has 1 aromatic heterocycles. The Morgan fingerprint density at radius 1 is 1.33 bits per heavy atom. The fraction of sp³-hybridized carbons (Fsp3) is 0.167. The summed E-state index contributed by atoms with van der Waals surface area (Å²) in [5, 5.41) is 2.16. The Labute approximate surface area is 93.4 Å². The van der Waals surface area contributed by atoms with Crippen molar-refractivity contribution in [1.82, 2.24) is 9.97 Å². The van der Waals surface area contributed by atoms with Crippen molar-refractivity contribution in [2.75, 3.05) is 5.75 Å². The van der Waals surface area contributed by atoms with Crippen LogP contribution in [0.2, 0.25) is 0 Å². The first-order valence-corrected chi connectivity index (χ1v) is 5.77. The van der Waals surface area contributed by atoms with Crippen LogP contribution >= 0.6 is 11.8 Å². The maximum atomic E-state index is 4.44. The summed E-state index contributed by atoms with van der Waals surface area (Å²) in [4.78, 5) is 8.84. The quantitative estimate of drug-likeness (QED) is 0.447. The largest absolute Gasteiger partial charge is 0.233 e. The van der Waals surface area contributed by atoms with Crippen LogP contribution in [0.25, 0.3) is 10.9 Å². The van der Waals surface area contributed by atoms with Gasteiger partial charge in [0.25, 0.3) is 0 Å². The first-order valence-electron chi connectivity index (χ1n) is 4.78. The van der Waals surface area contributed by atoms with Crippen molar-refractivity contribution in [3.8, 4) is 0 Å². The minimum absolute atomic E-state index is 0.820. The van der Waals surface area contributed by atoms with Gasteiger partial charge >= 0.3 is 0 Å². The third-order valence-corrected chi connectivity index (χ3v) is 3.00. The topological polar surface area (TPSA) is 25.8 Å². The fourth-order valence-electron chi connectivity index (χ4n) is 1.41. The maximum Gasteiger partial charge on any atom is 0.127 e. The summed E-state index contributed by atoms with van der Waals surface area (Å²) in [5.41, 5.74) is 1.01. The van der Waals surface area contributed by atoms with E-state index in [-0.39, 0.29) is 0 Å². The van der Waals surface area contributed by atoms with E-state index < -0.39 is 0 Å². The molecule has 0 amide bonds. The Hall–Kier alpha value is -1.35.